The average molecular weight is 249 g/mol. The van der Waals surface area contributed by atoms with E-state index in [9.17, 15) is 18.0 Å². The maximum Gasteiger partial charge on any atom is 0.391 e. The lowest BCUT2D eigenvalue weighted by atomic mass is 10.2. The van der Waals surface area contributed by atoms with Gasteiger partial charge >= 0.3 is 12.1 Å². The first-order valence-electron chi connectivity index (χ1n) is 4.68. The van der Waals surface area contributed by atoms with E-state index in [1.54, 1.807) is 0 Å². The molecule has 0 aliphatic rings. The minimum Gasteiger partial charge on any atom is -0.476 e. The number of rotatable bonds is 4. The van der Waals surface area contributed by atoms with Crippen molar-refractivity contribution in [1.29, 1.82) is 0 Å². The summed E-state index contributed by atoms with van der Waals surface area (Å²) in [5.74, 6) is -1.14. The fraction of sp³-hybridized carbons (Fsp3) is 0.444. The highest BCUT2D eigenvalue weighted by Crippen LogP contribution is 2.22. The highest BCUT2D eigenvalue weighted by Gasteiger charge is 2.30. The van der Waals surface area contributed by atoms with Crippen LogP contribution < -0.4 is 5.32 Å². The molecule has 94 valence electrons. The number of halogens is 3. The van der Waals surface area contributed by atoms with Crippen molar-refractivity contribution in [3.05, 3.63) is 17.8 Å². The number of carboxylic acids is 1. The van der Waals surface area contributed by atoms with Crippen molar-refractivity contribution in [1.82, 2.24) is 10.2 Å². The average Bonchev–Trinajstić information content (AvgIpc) is 2.15. The SMILES string of the molecule is CC(CC(F)(F)F)Nc1ccc(C(=O)O)nn1. The molecule has 1 unspecified atom stereocenters. The van der Waals surface area contributed by atoms with E-state index in [0.717, 1.165) is 6.07 Å². The van der Waals surface area contributed by atoms with Gasteiger partial charge in [-0.1, -0.05) is 0 Å². The number of carbonyl (C=O) groups is 1. The maximum atomic E-state index is 12.0. The predicted octanol–water partition coefficient (Wildman–Crippen LogP) is 1.93. The fourth-order valence-electron chi connectivity index (χ4n) is 1.17. The Hall–Kier alpha value is -1.86. The zero-order chi connectivity index (χ0) is 13.1. The second-order valence-corrected chi connectivity index (χ2v) is 3.47. The number of carboxylic acid groups (broad SMARTS) is 1. The van der Waals surface area contributed by atoms with Crippen LogP contribution in [0.3, 0.4) is 0 Å². The highest BCUT2D eigenvalue weighted by molar-refractivity contribution is 5.85. The molecule has 0 saturated carbocycles. The Kier molecular flexibility index (Phi) is 3.87. The molecule has 0 aliphatic heterocycles. The van der Waals surface area contributed by atoms with Gasteiger partial charge in [-0.3, -0.25) is 0 Å². The Morgan fingerprint density at radius 3 is 2.53 bits per heavy atom. The molecule has 17 heavy (non-hydrogen) atoms. The lowest BCUT2D eigenvalue weighted by Crippen LogP contribution is -2.24. The molecular formula is C9H10F3N3O2. The van der Waals surface area contributed by atoms with Gasteiger partial charge in [0.2, 0.25) is 0 Å². The van der Waals surface area contributed by atoms with Crippen molar-refractivity contribution in [2.45, 2.75) is 25.6 Å². The number of anilines is 1. The molecule has 0 saturated heterocycles. The van der Waals surface area contributed by atoms with Gasteiger partial charge in [0.1, 0.15) is 5.82 Å². The number of nitrogens with zero attached hydrogens (tertiary/aromatic N) is 2. The molecular weight excluding hydrogens is 239 g/mol. The minimum absolute atomic E-state index is 0.103. The second kappa shape index (κ2) is 4.98. The monoisotopic (exact) mass is 249 g/mol. The quantitative estimate of drug-likeness (QED) is 0.852. The summed E-state index contributed by atoms with van der Waals surface area (Å²) >= 11 is 0. The van der Waals surface area contributed by atoms with Gasteiger partial charge in [0.15, 0.2) is 5.69 Å². The van der Waals surface area contributed by atoms with Crippen LogP contribution in [0.25, 0.3) is 0 Å². The largest absolute Gasteiger partial charge is 0.476 e. The van der Waals surface area contributed by atoms with Crippen molar-refractivity contribution in [2.75, 3.05) is 5.32 Å². The number of alkyl halides is 3. The number of hydrogen-bond donors (Lipinski definition) is 2. The molecule has 0 bridgehead atoms. The Bertz CT molecular complexity index is 391. The summed E-state index contributed by atoms with van der Waals surface area (Å²) < 4.78 is 36.1. The molecule has 1 heterocycles. The number of aromatic carboxylic acids is 1. The lowest BCUT2D eigenvalue weighted by Gasteiger charge is -2.15. The van der Waals surface area contributed by atoms with Gasteiger partial charge in [-0.2, -0.15) is 13.2 Å². The number of aromatic nitrogens is 2. The summed E-state index contributed by atoms with van der Waals surface area (Å²) in [6.45, 7) is 1.35. The van der Waals surface area contributed by atoms with Crippen LogP contribution in [-0.4, -0.2) is 33.5 Å². The Morgan fingerprint density at radius 2 is 2.12 bits per heavy atom. The van der Waals surface area contributed by atoms with E-state index in [1.165, 1.54) is 13.0 Å². The summed E-state index contributed by atoms with van der Waals surface area (Å²) in [6.07, 6.45) is -5.27. The van der Waals surface area contributed by atoms with E-state index < -0.39 is 24.6 Å². The molecule has 5 nitrogen and oxygen atoms in total. The van der Waals surface area contributed by atoms with Crippen molar-refractivity contribution in [3.63, 3.8) is 0 Å². The topological polar surface area (TPSA) is 75.1 Å². The predicted molar refractivity (Wildman–Crippen MR) is 52.7 cm³/mol. The summed E-state index contributed by atoms with van der Waals surface area (Å²) in [6, 6.07) is 1.57. The van der Waals surface area contributed by atoms with Gasteiger partial charge in [0.25, 0.3) is 0 Å². The minimum atomic E-state index is -4.26. The molecule has 0 fully saturated rings. The van der Waals surface area contributed by atoms with Crippen LogP contribution in [0.15, 0.2) is 12.1 Å². The van der Waals surface area contributed by atoms with Gasteiger partial charge in [0, 0.05) is 6.04 Å². The van der Waals surface area contributed by atoms with Crippen molar-refractivity contribution in [2.24, 2.45) is 0 Å². The van der Waals surface area contributed by atoms with Crippen LogP contribution in [0.5, 0.6) is 0 Å². The van der Waals surface area contributed by atoms with Crippen LogP contribution in [0.1, 0.15) is 23.8 Å². The third-order valence-corrected chi connectivity index (χ3v) is 1.82. The van der Waals surface area contributed by atoms with Crippen molar-refractivity contribution in [3.8, 4) is 0 Å². The van der Waals surface area contributed by atoms with Gasteiger partial charge in [-0.15, -0.1) is 10.2 Å². The van der Waals surface area contributed by atoms with E-state index in [0.29, 0.717) is 0 Å². The maximum absolute atomic E-state index is 12.0. The smallest absolute Gasteiger partial charge is 0.391 e. The molecule has 2 N–H and O–H groups in total. The van der Waals surface area contributed by atoms with E-state index in [1.807, 2.05) is 0 Å². The second-order valence-electron chi connectivity index (χ2n) is 3.47. The highest BCUT2D eigenvalue weighted by atomic mass is 19.4. The first kappa shape index (κ1) is 13.2. The molecule has 8 heteroatoms. The van der Waals surface area contributed by atoms with Crippen LogP contribution in [0.2, 0.25) is 0 Å². The van der Waals surface area contributed by atoms with Crippen LogP contribution in [0.4, 0.5) is 19.0 Å². The first-order valence-corrected chi connectivity index (χ1v) is 4.68. The van der Waals surface area contributed by atoms with Crippen molar-refractivity contribution < 1.29 is 23.1 Å². The summed E-state index contributed by atoms with van der Waals surface area (Å²) in [5.41, 5.74) is -0.265. The van der Waals surface area contributed by atoms with Crippen molar-refractivity contribution >= 4 is 11.8 Å². The zero-order valence-corrected chi connectivity index (χ0v) is 8.82. The van der Waals surface area contributed by atoms with Gasteiger partial charge < -0.3 is 10.4 Å². The zero-order valence-electron chi connectivity index (χ0n) is 8.82. The number of hydrogen-bond acceptors (Lipinski definition) is 4. The van der Waals surface area contributed by atoms with Crippen LogP contribution in [0, 0.1) is 0 Å². The van der Waals surface area contributed by atoms with Crippen LogP contribution >= 0.6 is 0 Å². The number of nitrogens with one attached hydrogen (secondary N) is 1. The Balaban J connectivity index is 2.60. The van der Waals surface area contributed by atoms with E-state index in [4.69, 9.17) is 5.11 Å². The molecule has 1 aromatic rings. The fourth-order valence-corrected chi connectivity index (χ4v) is 1.17. The summed E-state index contributed by atoms with van der Waals surface area (Å²) in [4.78, 5) is 10.5. The molecule has 0 amide bonds. The Morgan fingerprint density at radius 1 is 1.47 bits per heavy atom. The molecule has 1 aromatic heterocycles. The van der Waals surface area contributed by atoms with Gasteiger partial charge in [-0.25, -0.2) is 4.79 Å². The normalized spacial score (nSPS) is 13.2. The van der Waals surface area contributed by atoms with E-state index in [-0.39, 0.29) is 11.5 Å². The van der Waals surface area contributed by atoms with E-state index >= 15 is 0 Å². The molecule has 1 rings (SSSR count). The summed E-state index contributed by atoms with van der Waals surface area (Å²) in [5, 5.41) is 17.8. The third kappa shape index (κ3) is 4.66. The molecule has 0 aliphatic carbocycles. The molecule has 0 spiro atoms. The van der Waals surface area contributed by atoms with Gasteiger partial charge in [-0.05, 0) is 19.1 Å². The molecule has 1 atom stereocenters. The third-order valence-electron chi connectivity index (χ3n) is 1.82. The Labute approximate surface area is 94.7 Å². The summed E-state index contributed by atoms with van der Waals surface area (Å²) in [7, 11) is 0. The van der Waals surface area contributed by atoms with E-state index in [2.05, 4.69) is 15.5 Å². The standard InChI is InChI=1S/C9H10F3N3O2/c1-5(4-9(10,11)12)13-7-3-2-6(8(16)17)14-15-7/h2-3,5H,4H2,1H3,(H,13,15)(H,16,17). The van der Waals surface area contributed by atoms with Gasteiger partial charge in [0.05, 0.1) is 6.42 Å². The van der Waals surface area contributed by atoms with Crippen LogP contribution in [-0.2, 0) is 0 Å². The molecule has 0 radical (unpaired) electrons. The first-order chi connectivity index (χ1) is 7.78. The molecule has 0 aromatic carbocycles. The lowest BCUT2D eigenvalue weighted by molar-refractivity contribution is -0.136.